The second kappa shape index (κ2) is 12.3. The van der Waals surface area contributed by atoms with Crippen LogP contribution in [0.2, 0.25) is 0 Å². The molecule has 1 heterocycles. The second-order valence-corrected chi connectivity index (χ2v) is 13.2. The van der Waals surface area contributed by atoms with Gasteiger partial charge in [-0.05, 0) is 105 Å². The third kappa shape index (κ3) is 4.72. The minimum absolute atomic E-state index is 0.0738. The van der Waals surface area contributed by atoms with Gasteiger partial charge in [0.25, 0.3) is 0 Å². The maximum atomic E-state index is 10.1. The Bertz CT molecular complexity index is 3930. The zero-order chi connectivity index (χ0) is 48.6. The van der Waals surface area contributed by atoms with Gasteiger partial charge in [-0.2, -0.15) is 0 Å². The summed E-state index contributed by atoms with van der Waals surface area (Å²) in [6.45, 7) is 0. The van der Waals surface area contributed by atoms with E-state index in [1.165, 1.54) is 0 Å². The molecular weight excluding hydrogens is 653 g/mol. The molecule has 0 aliphatic carbocycles. The van der Waals surface area contributed by atoms with Crippen LogP contribution >= 0.6 is 0 Å². The molecule has 0 unspecified atom stereocenters. The molecule has 0 amide bonds. The van der Waals surface area contributed by atoms with Crippen LogP contribution in [-0.2, 0) is 0 Å². The van der Waals surface area contributed by atoms with Crippen LogP contribution in [0, 0.1) is 0 Å². The molecule has 252 valence electrons. The van der Waals surface area contributed by atoms with E-state index >= 15 is 0 Å². The maximum Gasteiger partial charge on any atom is 0.134 e. The maximum absolute atomic E-state index is 10.1. The van der Waals surface area contributed by atoms with Crippen molar-refractivity contribution in [2.24, 2.45) is 0 Å². The topological polar surface area (TPSA) is 13.1 Å². The summed E-state index contributed by atoms with van der Waals surface area (Å²) in [5, 5.41) is 0.534. The van der Waals surface area contributed by atoms with Gasteiger partial charge in [-0.15, -0.1) is 0 Å². The smallest absolute Gasteiger partial charge is 0.134 e. The fourth-order valence-electron chi connectivity index (χ4n) is 7.91. The number of fused-ring (bicyclic) bond motifs is 9. The third-order valence-electron chi connectivity index (χ3n) is 10.2. The zero-order valence-electron chi connectivity index (χ0n) is 43.4. The summed E-state index contributed by atoms with van der Waals surface area (Å²) in [6.07, 6.45) is -0.250. The van der Waals surface area contributed by atoms with E-state index in [0.717, 1.165) is 11.1 Å². The van der Waals surface area contributed by atoms with Crippen LogP contribution in [0.25, 0.3) is 87.1 Å². The van der Waals surface area contributed by atoms with Gasteiger partial charge in [0.15, 0.2) is 0 Å². The lowest BCUT2D eigenvalue weighted by molar-refractivity contribution is 0.609. The number of furan rings is 1. The molecule has 0 saturated carbocycles. The molecular formula is C53H34O. The molecule has 0 radical (unpaired) electrons. The highest BCUT2D eigenvalue weighted by molar-refractivity contribution is 6.27. The predicted octanol–water partition coefficient (Wildman–Crippen LogP) is 14.7. The first kappa shape index (κ1) is 19.2. The fraction of sp³-hybridized carbons (Fsp3) is 0.0189. The van der Waals surface area contributed by atoms with Crippen molar-refractivity contribution < 1.29 is 25.0 Å². The Morgan fingerprint density at radius 1 is 0.370 bits per heavy atom. The van der Waals surface area contributed by atoms with Crippen molar-refractivity contribution in [1.82, 2.24) is 0 Å². The molecule has 0 N–H and O–H groups in total. The van der Waals surface area contributed by atoms with E-state index < -0.39 is 72.4 Å². The van der Waals surface area contributed by atoms with Gasteiger partial charge >= 0.3 is 0 Å². The van der Waals surface area contributed by atoms with Gasteiger partial charge in [0.2, 0.25) is 0 Å². The lowest BCUT2D eigenvalue weighted by Crippen LogP contribution is -2.02. The number of hydrogen-bond donors (Lipinski definition) is 0. The first-order valence-electron chi connectivity index (χ1n) is 25.0. The molecule has 0 fully saturated rings. The summed E-state index contributed by atoms with van der Waals surface area (Å²) in [6, 6.07) is 25.8. The molecule has 0 saturated heterocycles. The van der Waals surface area contributed by atoms with Gasteiger partial charge in [-0.1, -0.05) is 176 Å². The van der Waals surface area contributed by atoms with Crippen molar-refractivity contribution in [2.75, 3.05) is 0 Å². The molecule has 54 heavy (non-hydrogen) atoms. The normalized spacial score (nSPS) is 15.8. The summed E-state index contributed by atoms with van der Waals surface area (Å²) >= 11 is 0. The Kier molecular flexibility index (Phi) is 4.39. The zero-order valence-corrected chi connectivity index (χ0v) is 28.4. The van der Waals surface area contributed by atoms with Crippen LogP contribution in [0.3, 0.4) is 0 Å². The minimum Gasteiger partial charge on any atom is -0.464 e. The average Bonchev–Trinajstić information content (AvgIpc) is 3.71. The number of hydrogen-bond acceptors (Lipinski definition) is 1. The van der Waals surface area contributed by atoms with E-state index in [1.807, 2.05) is 60.7 Å². The molecule has 0 atom stereocenters. The van der Waals surface area contributed by atoms with Gasteiger partial charge in [0.05, 0.1) is 25.4 Å². The van der Waals surface area contributed by atoms with Gasteiger partial charge in [0, 0.05) is 16.9 Å². The van der Waals surface area contributed by atoms with Crippen molar-refractivity contribution in [3.63, 3.8) is 0 Å². The Morgan fingerprint density at radius 2 is 0.778 bits per heavy atom. The van der Waals surface area contributed by atoms with Crippen molar-refractivity contribution >= 4 is 64.8 Å². The standard InChI is InChI=1S/C53H34O/c1-3-15-34(16-4-1)51(35-17-5-2-6-18-35)49-33-54-50-30-28-37(32-48(49)50)53-45-25-13-11-23-43(45)52(44-24-12-14-26-46(44)53)36-27-29-42-40-21-8-7-19-38(40)39-20-9-10-22-41(39)47(42)31-36/h1-33,51H/i7D,8D,9D,10D,19D,20D,21D,22D,27D,28D,29D,30D,31D,32D,33D. The van der Waals surface area contributed by atoms with Gasteiger partial charge in [-0.3, -0.25) is 0 Å². The molecule has 0 aliphatic heterocycles. The Morgan fingerprint density at radius 3 is 1.28 bits per heavy atom. The van der Waals surface area contributed by atoms with E-state index in [1.54, 1.807) is 48.5 Å². The third-order valence-corrected chi connectivity index (χ3v) is 10.2. The molecule has 10 aromatic carbocycles. The Labute approximate surface area is 334 Å². The Hall–Kier alpha value is -6.96. The van der Waals surface area contributed by atoms with Crippen molar-refractivity contribution in [1.29, 1.82) is 0 Å². The van der Waals surface area contributed by atoms with E-state index in [-0.39, 0.29) is 84.3 Å². The summed E-state index contributed by atoms with van der Waals surface area (Å²) in [4.78, 5) is 0. The molecule has 0 aliphatic rings. The summed E-state index contributed by atoms with van der Waals surface area (Å²) in [7, 11) is 0. The monoisotopic (exact) mass is 701 g/mol. The van der Waals surface area contributed by atoms with Gasteiger partial charge in [0.1, 0.15) is 6.95 Å². The van der Waals surface area contributed by atoms with Crippen molar-refractivity contribution in [3.8, 4) is 22.3 Å². The quantitative estimate of drug-likeness (QED) is 0.129. The van der Waals surface area contributed by atoms with E-state index in [4.69, 9.17) is 14.0 Å². The molecule has 0 spiro atoms. The van der Waals surface area contributed by atoms with Gasteiger partial charge < -0.3 is 4.42 Å². The van der Waals surface area contributed by atoms with Crippen LogP contribution < -0.4 is 0 Å². The average molecular weight is 702 g/mol. The lowest BCUT2D eigenvalue weighted by atomic mass is 9.83. The van der Waals surface area contributed by atoms with E-state index in [9.17, 15) is 11.0 Å². The highest BCUT2D eigenvalue weighted by Crippen LogP contribution is 2.47. The van der Waals surface area contributed by atoms with Crippen LogP contribution in [0.5, 0.6) is 0 Å². The van der Waals surface area contributed by atoms with Crippen LogP contribution in [-0.4, -0.2) is 0 Å². The predicted molar refractivity (Wildman–Crippen MR) is 228 cm³/mol. The number of rotatable bonds is 5. The first-order chi connectivity index (χ1) is 33.1. The molecule has 1 heteroatoms. The molecule has 11 rings (SSSR count). The van der Waals surface area contributed by atoms with E-state index in [0.29, 0.717) is 32.7 Å². The highest BCUT2D eigenvalue weighted by Gasteiger charge is 2.23. The summed E-state index contributed by atoms with van der Waals surface area (Å²) in [5.74, 6) is -0.592. The molecule has 0 bridgehead atoms. The minimum atomic E-state index is -0.656. The van der Waals surface area contributed by atoms with Crippen LogP contribution in [0.4, 0.5) is 0 Å². The van der Waals surface area contributed by atoms with Crippen LogP contribution in [0.1, 0.15) is 43.2 Å². The molecule has 1 aromatic heterocycles. The van der Waals surface area contributed by atoms with Crippen LogP contribution in [0.15, 0.2) is 204 Å². The highest BCUT2D eigenvalue weighted by atomic mass is 16.3. The van der Waals surface area contributed by atoms with Gasteiger partial charge in [-0.25, -0.2) is 0 Å². The summed E-state index contributed by atoms with van der Waals surface area (Å²) < 4.78 is 144. The molecule has 11 aromatic rings. The fourth-order valence-corrected chi connectivity index (χ4v) is 7.91. The number of benzene rings is 10. The SMILES string of the molecule is [2H]c1oc2c([2H])c([2H])c(-c3c4ccccc4c(-c4c([2H])c([2H])c5c6c([2H])c([2H])c([2H])c([2H])c6c6c([2H])c([2H])c([2H])c([2H])c6c5c4[2H])c4ccccc34)c([2H])c2c1C(c1ccccc1)c1ccccc1. The van der Waals surface area contributed by atoms with Crippen molar-refractivity contribution in [3.05, 3.63) is 217 Å². The summed E-state index contributed by atoms with van der Waals surface area (Å²) in [5.41, 5.74) is 2.57. The van der Waals surface area contributed by atoms with E-state index in [2.05, 4.69) is 0 Å². The molecule has 1 nitrogen and oxygen atoms in total. The van der Waals surface area contributed by atoms with Crippen molar-refractivity contribution in [2.45, 2.75) is 5.92 Å². The Balaban J connectivity index is 1.30. The first-order valence-corrected chi connectivity index (χ1v) is 17.5. The lowest BCUT2D eigenvalue weighted by Gasteiger charge is -2.19. The largest absolute Gasteiger partial charge is 0.464 e. The second-order valence-electron chi connectivity index (χ2n) is 13.2.